The van der Waals surface area contributed by atoms with Gasteiger partial charge in [0.05, 0.1) is 11.4 Å². The minimum absolute atomic E-state index is 0.000731. The number of aromatic nitrogens is 2. The fourth-order valence-electron chi connectivity index (χ4n) is 4.14. The zero-order valence-corrected chi connectivity index (χ0v) is 17.1. The van der Waals surface area contributed by atoms with E-state index in [0.717, 1.165) is 16.7 Å². The first-order chi connectivity index (χ1) is 15.1. The zero-order valence-electron chi connectivity index (χ0n) is 18.5. The number of carbonyl (C=O) groups is 1. The van der Waals surface area contributed by atoms with E-state index in [1.165, 1.54) is 0 Å². The quantitative estimate of drug-likeness (QED) is 0.578. The van der Waals surface area contributed by atoms with E-state index in [9.17, 15) is 13.6 Å². The number of fused-ring (bicyclic) bond motifs is 1. The second-order valence-corrected chi connectivity index (χ2v) is 8.18. The summed E-state index contributed by atoms with van der Waals surface area (Å²) in [4.78, 5) is 12.7. The molecule has 2 aliphatic rings. The molecule has 29 heavy (non-hydrogen) atoms. The third-order valence-electron chi connectivity index (χ3n) is 5.60. The molecule has 1 atom stereocenters. The van der Waals surface area contributed by atoms with Gasteiger partial charge in [0.25, 0.3) is 0 Å². The standard InChI is InChI=1S/C20H22ClF2N3O2S/c1-25-15(9-17(27)24-12-4-6-28-7-5-12)16-8-11(10-26(16)20(25)29)18-14(22)3-2-13(21)19(18)23/h2-3,11-12H,4-10H2,1H3,(H,24,27)/t11-/m1/s1/i1D3. The molecule has 0 saturated carbocycles. The van der Waals surface area contributed by atoms with Gasteiger partial charge in [-0.25, -0.2) is 8.78 Å². The SMILES string of the molecule is [2H]C([2H])([2H])n1c(CC(=O)NC2CCOCC2)c2n(c1=S)C[C@H](c1c(F)ccc(Cl)c1F)C2. The predicted octanol–water partition coefficient (Wildman–Crippen LogP) is 3.67. The van der Waals surface area contributed by atoms with Gasteiger partial charge in [0, 0.05) is 59.8 Å². The summed E-state index contributed by atoms with van der Waals surface area (Å²) in [5.74, 6) is -2.51. The lowest BCUT2D eigenvalue weighted by Gasteiger charge is -2.23. The molecule has 4 rings (SSSR count). The number of benzene rings is 1. The van der Waals surface area contributed by atoms with Gasteiger partial charge in [-0.15, -0.1) is 0 Å². The summed E-state index contributed by atoms with van der Waals surface area (Å²) in [7, 11) is 0. The van der Waals surface area contributed by atoms with Gasteiger partial charge in [0.1, 0.15) is 11.6 Å². The predicted molar refractivity (Wildman–Crippen MR) is 108 cm³/mol. The summed E-state index contributed by atoms with van der Waals surface area (Å²) in [6, 6.07) is 2.21. The van der Waals surface area contributed by atoms with Crippen molar-refractivity contribution in [2.75, 3.05) is 13.2 Å². The largest absolute Gasteiger partial charge is 0.381 e. The molecule has 0 spiro atoms. The van der Waals surface area contributed by atoms with Gasteiger partial charge in [-0.3, -0.25) is 4.79 Å². The second kappa shape index (κ2) is 8.16. The van der Waals surface area contributed by atoms with Crippen LogP contribution in [0.2, 0.25) is 5.02 Å². The number of nitrogens with one attached hydrogen (secondary N) is 1. The number of ether oxygens (including phenoxy) is 1. The van der Waals surface area contributed by atoms with E-state index >= 15 is 0 Å². The van der Waals surface area contributed by atoms with Crippen LogP contribution in [0.1, 0.15) is 39.8 Å². The Morgan fingerprint density at radius 1 is 1.41 bits per heavy atom. The molecule has 3 heterocycles. The van der Waals surface area contributed by atoms with Crippen molar-refractivity contribution >= 4 is 29.7 Å². The molecular weight excluding hydrogens is 420 g/mol. The molecule has 0 aliphatic carbocycles. The van der Waals surface area contributed by atoms with Crippen LogP contribution < -0.4 is 5.32 Å². The van der Waals surface area contributed by atoms with Crippen LogP contribution in [0.4, 0.5) is 8.78 Å². The molecule has 0 unspecified atom stereocenters. The molecule has 1 saturated heterocycles. The Hall–Kier alpha value is -1.77. The van der Waals surface area contributed by atoms with E-state index in [1.807, 2.05) is 0 Å². The Balaban J connectivity index is 1.67. The van der Waals surface area contributed by atoms with Gasteiger partial charge >= 0.3 is 0 Å². The van der Waals surface area contributed by atoms with E-state index in [1.54, 1.807) is 4.57 Å². The van der Waals surface area contributed by atoms with Crippen LogP contribution in [0.15, 0.2) is 12.1 Å². The molecule has 156 valence electrons. The third-order valence-corrected chi connectivity index (χ3v) is 6.29. The highest BCUT2D eigenvalue weighted by molar-refractivity contribution is 7.71. The number of carbonyl (C=O) groups excluding carboxylic acids is 1. The van der Waals surface area contributed by atoms with Crippen molar-refractivity contribution in [2.45, 2.75) is 44.2 Å². The maximum absolute atomic E-state index is 14.6. The molecule has 0 bridgehead atoms. The van der Waals surface area contributed by atoms with Crippen molar-refractivity contribution in [1.82, 2.24) is 14.5 Å². The molecule has 2 aromatic rings. The normalized spacial score (nSPS) is 21.3. The van der Waals surface area contributed by atoms with Crippen LogP contribution in [0, 0.1) is 16.4 Å². The van der Waals surface area contributed by atoms with Crippen molar-refractivity contribution in [3.05, 3.63) is 50.5 Å². The van der Waals surface area contributed by atoms with Gasteiger partial charge in [-0.1, -0.05) is 11.6 Å². The minimum Gasteiger partial charge on any atom is -0.381 e. The summed E-state index contributed by atoms with van der Waals surface area (Å²) < 4.78 is 60.6. The summed E-state index contributed by atoms with van der Waals surface area (Å²) in [5.41, 5.74) is 0.579. The highest BCUT2D eigenvalue weighted by Crippen LogP contribution is 2.37. The van der Waals surface area contributed by atoms with Crippen molar-refractivity contribution in [2.24, 2.45) is 6.98 Å². The maximum atomic E-state index is 14.6. The highest BCUT2D eigenvalue weighted by Gasteiger charge is 2.33. The van der Waals surface area contributed by atoms with Gasteiger partial charge in [0.15, 0.2) is 4.77 Å². The van der Waals surface area contributed by atoms with E-state index in [2.05, 4.69) is 5.32 Å². The Bertz CT molecular complexity index is 1110. The van der Waals surface area contributed by atoms with Gasteiger partial charge < -0.3 is 19.2 Å². The smallest absolute Gasteiger partial charge is 0.226 e. The first-order valence-corrected chi connectivity index (χ1v) is 10.2. The molecule has 0 radical (unpaired) electrons. The molecule has 2 aliphatic heterocycles. The molecule has 5 nitrogen and oxygen atoms in total. The Morgan fingerprint density at radius 3 is 2.90 bits per heavy atom. The van der Waals surface area contributed by atoms with Crippen LogP contribution in [0.3, 0.4) is 0 Å². The average Bonchev–Trinajstić information content (AvgIpc) is 3.25. The zero-order chi connectivity index (χ0) is 23.2. The number of hydrogen-bond acceptors (Lipinski definition) is 3. The van der Waals surface area contributed by atoms with Crippen LogP contribution in [-0.4, -0.2) is 34.3 Å². The molecule has 9 heteroatoms. The number of rotatable bonds is 4. The summed E-state index contributed by atoms with van der Waals surface area (Å²) in [6.07, 6.45) is 1.30. The minimum atomic E-state index is -2.59. The average molecular weight is 445 g/mol. The lowest BCUT2D eigenvalue weighted by molar-refractivity contribution is -0.121. The molecule has 1 amide bonds. The van der Waals surface area contributed by atoms with Crippen molar-refractivity contribution in [1.29, 1.82) is 0 Å². The molecule has 1 aromatic heterocycles. The fraction of sp³-hybridized carbons (Fsp3) is 0.500. The Labute approximate surface area is 181 Å². The van der Waals surface area contributed by atoms with Crippen LogP contribution in [0.5, 0.6) is 0 Å². The third kappa shape index (κ3) is 3.85. The van der Waals surface area contributed by atoms with Crippen molar-refractivity contribution in [3.63, 3.8) is 0 Å². The summed E-state index contributed by atoms with van der Waals surface area (Å²) in [6.45, 7) is -1.39. The summed E-state index contributed by atoms with van der Waals surface area (Å²) in [5, 5.41) is 2.73. The summed E-state index contributed by atoms with van der Waals surface area (Å²) >= 11 is 11.2. The molecular formula is C20H22ClF2N3O2S. The Kier molecular flexibility index (Phi) is 4.77. The van der Waals surface area contributed by atoms with Gasteiger partial charge in [-0.2, -0.15) is 0 Å². The van der Waals surface area contributed by atoms with Crippen LogP contribution in [0.25, 0.3) is 0 Å². The number of hydrogen-bond donors (Lipinski definition) is 1. The first kappa shape index (κ1) is 17.0. The topological polar surface area (TPSA) is 48.2 Å². The Morgan fingerprint density at radius 2 is 2.17 bits per heavy atom. The van der Waals surface area contributed by atoms with E-state index in [0.29, 0.717) is 31.7 Å². The molecule has 1 fully saturated rings. The van der Waals surface area contributed by atoms with E-state index in [4.69, 9.17) is 32.7 Å². The van der Waals surface area contributed by atoms with Crippen LogP contribution in [-0.2, 0) is 35.9 Å². The van der Waals surface area contributed by atoms with Crippen molar-refractivity contribution < 1.29 is 22.4 Å². The lowest BCUT2D eigenvalue weighted by Crippen LogP contribution is -2.40. The second-order valence-electron chi connectivity index (χ2n) is 7.41. The molecule has 1 aromatic carbocycles. The highest BCUT2D eigenvalue weighted by atomic mass is 35.5. The lowest BCUT2D eigenvalue weighted by atomic mass is 9.95. The van der Waals surface area contributed by atoms with Crippen molar-refractivity contribution in [3.8, 4) is 0 Å². The van der Waals surface area contributed by atoms with Gasteiger partial charge in [-0.05, 0) is 43.6 Å². The van der Waals surface area contributed by atoms with Gasteiger partial charge in [0.2, 0.25) is 5.91 Å². The maximum Gasteiger partial charge on any atom is 0.226 e. The monoisotopic (exact) mass is 444 g/mol. The molecule has 1 N–H and O–H groups in total. The van der Waals surface area contributed by atoms with E-state index < -0.39 is 24.5 Å². The number of amides is 1. The van der Waals surface area contributed by atoms with Crippen LogP contribution >= 0.6 is 23.8 Å². The first-order valence-electron chi connectivity index (χ1n) is 10.9. The number of halogens is 3. The fourth-order valence-corrected chi connectivity index (χ4v) is 4.59. The number of imidazole rings is 1. The van der Waals surface area contributed by atoms with E-state index in [-0.39, 0.29) is 52.4 Å². The number of nitrogens with zero attached hydrogens (tertiary/aromatic N) is 2.